The third kappa shape index (κ3) is 7.20. The van der Waals surface area contributed by atoms with Crippen LogP contribution in [0.15, 0.2) is 77.8 Å². The zero-order chi connectivity index (χ0) is 25.3. The number of hydrogen-bond donors (Lipinski definition) is 1. The molecule has 0 saturated heterocycles. The number of hydrogen-bond acceptors (Lipinski definition) is 3. The van der Waals surface area contributed by atoms with Crippen molar-refractivity contribution in [2.75, 3.05) is 11.9 Å². The molecule has 0 radical (unpaired) electrons. The number of fused-ring (bicyclic) bond motifs is 1. The number of rotatable bonds is 6. The van der Waals surface area contributed by atoms with Gasteiger partial charge in [-0.3, -0.25) is 9.79 Å². The largest absolute Gasteiger partial charge is 0.489 e. The third-order valence-electron chi connectivity index (χ3n) is 4.73. The summed E-state index contributed by atoms with van der Waals surface area (Å²) < 4.78 is 45.5. The summed E-state index contributed by atoms with van der Waals surface area (Å²) in [7, 11) is 0. The number of halogens is 3. The highest BCUT2D eigenvalue weighted by Crippen LogP contribution is 2.39. The lowest BCUT2D eigenvalue weighted by Gasteiger charge is -2.13. The van der Waals surface area contributed by atoms with Gasteiger partial charge in [0.1, 0.15) is 12.4 Å². The van der Waals surface area contributed by atoms with Crippen LogP contribution in [0.5, 0.6) is 5.75 Å². The number of ether oxygens (including phenoxy) is 1. The summed E-state index contributed by atoms with van der Waals surface area (Å²) in [5.74, 6) is 0.132. The first-order chi connectivity index (χ1) is 16.2. The van der Waals surface area contributed by atoms with Gasteiger partial charge in [0, 0.05) is 5.56 Å². The molecule has 1 N–H and O–H groups in total. The van der Waals surface area contributed by atoms with E-state index in [-0.39, 0.29) is 30.0 Å². The van der Waals surface area contributed by atoms with E-state index in [1.807, 2.05) is 45.1 Å². The molecular weight excluding hydrogens is 441 g/mol. The molecule has 1 amide bonds. The Kier molecular flexibility index (Phi) is 9.42. The van der Waals surface area contributed by atoms with Gasteiger partial charge in [0.25, 0.3) is 0 Å². The fraction of sp³-hybridized carbons (Fsp3) is 0.259. The van der Waals surface area contributed by atoms with Crippen molar-refractivity contribution >= 4 is 23.0 Å². The molecule has 4 nitrogen and oxygen atoms in total. The van der Waals surface area contributed by atoms with E-state index >= 15 is 0 Å². The summed E-state index contributed by atoms with van der Waals surface area (Å²) in [6, 6.07) is 9.34. The second-order valence-electron chi connectivity index (χ2n) is 7.33. The van der Waals surface area contributed by atoms with E-state index in [4.69, 9.17) is 4.74 Å². The van der Waals surface area contributed by atoms with E-state index in [1.165, 1.54) is 13.0 Å². The standard InChI is InChI=1S/C25H23F3N2O2.C2H6/c1-4-5-6-8-16(2)15-32-19-10-7-9-18(12-19)21-14-24(31)30-23-13-20(25(26,27)28)17(3)11-22(23)29-21;1-2/h4-13H,2,14-15H2,1,3H3,(H,30,31);1-2H3/b5-4-,8-6-;. The van der Waals surface area contributed by atoms with Gasteiger partial charge in [-0.1, -0.05) is 56.9 Å². The van der Waals surface area contributed by atoms with Crippen molar-refractivity contribution in [1.82, 2.24) is 0 Å². The van der Waals surface area contributed by atoms with Gasteiger partial charge in [0.2, 0.25) is 5.91 Å². The lowest BCUT2D eigenvalue weighted by Crippen LogP contribution is -2.15. The van der Waals surface area contributed by atoms with Gasteiger partial charge in [-0.2, -0.15) is 13.2 Å². The monoisotopic (exact) mass is 470 g/mol. The summed E-state index contributed by atoms with van der Waals surface area (Å²) >= 11 is 0. The minimum Gasteiger partial charge on any atom is -0.489 e. The summed E-state index contributed by atoms with van der Waals surface area (Å²) in [5.41, 5.74) is 1.44. The van der Waals surface area contributed by atoms with Gasteiger partial charge < -0.3 is 10.1 Å². The number of carbonyl (C=O) groups is 1. The lowest BCUT2D eigenvalue weighted by molar-refractivity contribution is -0.138. The quantitative estimate of drug-likeness (QED) is 0.443. The van der Waals surface area contributed by atoms with Crippen molar-refractivity contribution in [2.24, 2.45) is 4.99 Å². The Morgan fingerprint density at radius 2 is 1.94 bits per heavy atom. The molecule has 0 aliphatic carbocycles. The fourth-order valence-corrected chi connectivity index (χ4v) is 3.18. The number of allylic oxidation sites excluding steroid dienone is 3. The predicted molar refractivity (Wildman–Crippen MR) is 132 cm³/mol. The van der Waals surface area contributed by atoms with Crippen molar-refractivity contribution in [3.63, 3.8) is 0 Å². The number of aryl methyl sites for hydroxylation is 1. The highest BCUT2D eigenvalue weighted by atomic mass is 19.4. The minimum absolute atomic E-state index is 0.0390. The van der Waals surface area contributed by atoms with Crippen LogP contribution in [0.2, 0.25) is 0 Å². The Labute approximate surface area is 198 Å². The van der Waals surface area contributed by atoms with Crippen LogP contribution < -0.4 is 10.1 Å². The smallest absolute Gasteiger partial charge is 0.416 e. The maximum atomic E-state index is 13.2. The molecule has 3 rings (SSSR count). The first kappa shape index (κ1) is 26.6. The topological polar surface area (TPSA) is 50.7 Å². The molecule has 0 bridgehead atoms. The Balaban J connectivity index is 0.00000199. The van der Waals surface area contributed by atoms with Crippen LogP contribution in [-0.4, -0.2) is 18.2 Å². The van der Waals surface area contributed by atoms with E-state index in [0.717, 1.165) is 11.6 Å². The Bertz CT molecular complexity index is 1130. The number of amides is 1. The second-order valence-corrected chi connectivity index (χ2v) is 7.33. The van der Waals surface area contributed by atoms with Crippen LogP contribution in [0.25, 0.3) is 0 Å². The molecule has 0 spiro atoms. The van der Waals surface area contributed by atoms with Crippen LogP contribution in [0, 0.1) is 6.92 Å². The highest BCUT2D eigenvalue weighted by molar-refractivity contribution is 6.17. The molecule has 0 unspecified atom stereocenters. The third-order valence-corrected chi connectivity index (χ3v) is 4.73. The van der Waals surface area contributed by atoms with Crippen molar-refractivity contribution in [3.8, 4) is 5.75 Å². The zero-order valence-corrected chi connectivity index (χ0v) is 19.8. The molecule has 0 atom stereocenters. The molecule has 2 aromatic rings. The Morgan fingerprint density at radius 3 is 2.62 bits per heavy atom. The SMILES string of the molecule is C=C(/C=C\C=C/C)COc1cccc(C2=Nc3cc(C)c(C(F)(F)F)cc3NC(=O)C2)c1.CC. The van der Waals surface area contributed by atoms with E-state index in [0.29, 0.717) is 17.0 Å². The van der Waals surface area contributed by atoms with Gasteiger partial charge in [-0.15, -0.1) is 0 Å². The predicted octanol–water partition coefficient (Wildman–Crippen LogP) is 7.57. The number of anilines is 1. The second kappa shape index (κ2) is 12.0. The number of nitrogens with one attached hydrogen (secondary N) is 1. The van der Waals surface area contributed by atoms with E-state index in [2.05, 4.69) is 16.9 Å². The Hall–Kier alpha value is -3.61. The molecular formula is C27H29F3N2O2. The van der Waals surface area contributed by atoms with Crippen LogP contribution >= 0.6 is 0 Å². The lowest BCUT2D eigenvalue weighted by atomic mass is 10.1. The molecule has 0 fully saturated rings. The van der Waals surface area contributed by atoms with Crippen LogP contribution in [0.3, 0.4) is 0 Å². The number of nitrogens with zero attached hydrogens (tertiary/aromatic N) is 1. The van der Waals surface area contributed by atoms with Crippen LogP contribution in [0.1, 0.15) is 43.9 Å². The zero-order valence-electron chi connectivity index (χ0n) is 19.8. The molecule has 2 aromatic carbocycles. The van der Waals surface area contributed by atoms with Gasteiger partial charge in [-0.05, 0) is 49.2 Å². The van der Waals surface area contributed by atoms with Crippen molar-refractivity contribution in [2.45, 2.75) is 40.3 Å². The molecule has 1 aliphatic rings. The maximum absolute atomic E-state index is 13.2. The first-order valence-electron chi connectivity index (χ1n) is 11.0. The summed E-state index contributed by atoms with van der Waals surface area (Å²) in [6.07, 6.45) is 2.92. The van der Waals surface area contributed by atoms with Gasteiger partial charge >= 0.3 is 6.18 Å². The fourth-order valence-electron chi connectivity index (χ4n) is 3.18. The van der Waals surface area contributed by atoms with Gasteiger partial charge in [-0.25, -0.2) is 0 Å². The average Bonchev–Trinajstić information content (AvgIpc) is 2.96. The molecule has 34 heavy (non-hydrogen) atoms. The number of carbonyl (C=O) groups excluding carboxylic acids is 1. The summed E-state index contributed by atoms with van der Waals surface area (Å²) in [5, 5.41) is 2.53. The van der Waals surface area contributed by atoms with Gasteiger partial charge in [0.05, 0.1) is 29.1 Å². The molecule has 7 heteroatoms. The molecule has 0 aromatic heterocycles. The van der Waals surface area contributed by atoms with E-state index in [1.54, 1.807) is 24.3 Å². The van der Waals surface area contributed by atoms with Crippen molar-refractivity contribution < 1.29 is 22.7 Å². The molecule has 0 saturated carbocycles. The Morgan fingerprint density at radius 1 is 1.21 bits per heavy atom. The highest BCUT2D eigenvalue weighted by Gasteiger charge is 2.34. The van der Waals surface area contributed by atoms with Crippen molar-refractivity contribution in [3.05, 3.63) is 89.5 Å². The number of benzene rings is 2. The van der Waals surface area contributed by atoms with Crippen LogP contribution in [-0.2, 0) is 11.0 Å². The van der Waals surface area contributed by atoms with E-state index < -0.39 is 17.6 Å². The molecule has 180 valence electrons. The number of aliphatic imine (C=N–C) groups is 1. The maximum Gasteiger partial charge on any atom is 0.416 e. The minimum atomic E-state index is -4.51. The average molecular weight is 471 g/mol. The first-order valence-corrected chi connectivity index (χ1v) is 11.0. The number of alkyl halides is 3. The van der Waals surface area contributed by atoms with Crippen molar-refractivity contribution in [1.29, 1.82) is 0 Å². The summed E-state index contributed by atoms with van der Waals surface area (Å²) in [6.45, 7) is 11.5. The normalized spacial score (nSPS) is 13.5. The molecule has 1 aliphatic heterocycles. The van der Waals surface area contributed by atoms with Crippen LogP contribution in [0.4, 0.5) is 24.5 Å². The summed E-state index contributed by atoms with van der Waals surface area (Å²) in [4.78, 5) is 16.9. The molecule has 1 heterocycles. The van der Waals surface area contributed by atoms with E-state index in [9.17, 15) is 18.0 Å². The van der Waals surface area contributed by atoms with Gasteiger partial charge in [0.15, 0.2) is 0 Å².